The second-order valence-corrected chi connectivity index (χ2v) is 5.18. The first-order chi connectivity index (χ1) is 8.08. The van der Waals surface area contributed by atoms with Gasteiger partial charge in [-0.1, -0.05) is 0 Å². The number of carbonyl (C=O) groups is 1. The van der Waals surface area contributed by atoms with Crippen LogP contribution in [0.3, 0.4) is 0 Å². The monoisotopic (exact) mass is 234 g/mol. The minimum Gasteiger partial charge on any atom is -0.335 e. The van der Waals surface area contributed by atoms with Crippen LogP contribution in [0.4, 0.5) is 4.39 Å². The Bertz CT molecular complexity index is 447. The molecule has 3 rings (SSSR count). The second-order valence-electron chi connectivity index (χ2n) is 5.18. The molecule has 90 valence electrons. The number of nitrogens with zero attached hydrogens (tertiary/aromatic N) is 1. The molecule has 1 aliphatic heterocycles. The standard InChI is InChI=1S/C13H15FN2O/c14-11-5-1-9(2-6-11)12(17)16-7-13(15,8-16)10-3-4-10/h1-2,5-6,10H,3-4,7-8,15H2. The molecule has 17 heavy (non-hydrogen) atoms. The van der Waals surface area contributed by atoms with E-state index in [1.807, 2.05) is 0 Å². The fraction of sp³-hybridized carbons (Fsp3) is 0.462. The highest BCUT2D eigenvalue weighted by Gasteiger charge is 2.51. The van der Waals surface area contributed by atoms with Crippen molar-refractivity contribution in [2.45, 2.75) is 18.4 Å². The zero-order valence-electron chi connectivity index (χ0n) is 9.53. The van der Waals surface area contributed by atoms with E-state index in [1.165, 1.54) is 37.1 Å². The van der Waals surface area contributed by atoms with Crippen LogP contribution < -0.4 is 5.73 Å². The van der Waals surface area contributed by atoms with Gasteiger partial charge >= 0.3 is 0 Å². The largest absolute Gasteiger partial charge is 0.335 e. The van der Waals surface area contributed by atoms with E-state index in [9.17, 15) is 9.18 Å². The van der Waals surface area contributed by atoms with Crippen LogP contribution in [0.5, 0.6) is 0 Å². The van der Waals surface area contributed by atoms with E-state index < -0.39 is 0 Å². The topological polar surface area (TPSA) is 46.3 Å². The third-order valence-corrected chi connectivity index (χ3v) is 3.74. The molecule has 1 aromatic carbocycles. The predicted octanol–water partition coefficient (Wildman–Crippen LogP) is 1.39. The van der Waals surface area contributed by atoms with Crippen LogP contribution >= 0.6 is 0 Å². The van der Waals surface area contributed by atoms with E-state index >= 15 is 0 Å². The summed E-state index contributed by atoms with van der Waals surface area (Å²) < 4.78 is 12.7. The fourth-order valence-corrected chi connectivity index (χ4v) is 2.50. The van der Waals surface area contributed by atoms with E-state index in [4.69, 9.17) is 5.73 Å². The molecule has 1 saturated heterocycles. The van der Waals surface area contributed by atoms with Crippen molar-refractivity contribution in [2.24, 2.45) is 11.7 Å². The van der Waals surface area contributed by atoms with Crippen molar-refractivity contribution in [1.29, 1.82) is 0 Å². The Morgan fingerprint density at radius 2 is 1.88 bits per heavy atom. The molecule has 0 bridgehead atoms. The van der Waals surface area contributed by atoms with Crippen molar-refractivity contribution in [1.82, 2.24) is 4.90 Å². The van der Waals surface area contributed by atoms with Crippen LogP contribution in [0.25, 0.3) is 0 Å². The second kappa shape index (κ2) is 3.53. The summed E-state index contributed by atoms with van der Waals surface area (Å²) in [5, 5.41) is 0. The maximum Gasteiger partial charge on any atom is 0.253 e. The maximum atomic E-state index is 12.7. The minimum absolute atomic E-state index is 0.0493. The number of amides is 1. The molecule has 1 aromatic rings. The van der Waals surface area contributed by atoms with E-state index in [-0.39, 0.29) is 17.3 Å². The fourth-order valence-electron chi connectivity index (χ4n) is 2.50. The van der Waals surface area contributed by atoms with Gasteiger partial charge < -0.3 is 10.6 Å². The van der Waals surface area contributed by atoms with E-state index in [0.29, 0.717) is 24.6 Å². The average molecular weight is 234 g/mol. The van der Waals surface area contributed by atoms with Gasteiger partial charge in [0.25, 0.3) is 5.91 Å². The van der Waals surface area contributed by atoms with Crippen LogP contribution in [0.1, 0.15) is 23.2 Å². The number of benzene rings is 1. The van der Waals surface area contributed by atoms with Crippen molar-refractivity contribution >= 4 is 5.91 Å². The first kappa shape index (κ1) is 10.7. The van der Waals surface area contributed by atoms with Gasteiger partial charge in [-0.15, -0.1) is 0 Å². The van der Waals surface area contributed by atoms with Crippen molar-refractivity contribution < 1.29 is 9.18 Å². The molecule has 0 unspecified atom stereocenters. The first-order valence-corrected chi connectivity index (χ1v) is 5.92. The average Bonchev–Trinajstić information content (AvgIpc) is 3.09. The van der Waals surface area contributed by atoms with E-state index in [2.05, 4.69) is 0 Å². The lowest BCUT2D eigenvalue weighted by molar-refractivity contribution is 0.0350. The van der Waals surface area contributed by atoms with Gasteiger partial charge in [0.15, 0.2) is 0 Å². The zero-order valence-corrected chi connectivity index (χ0v) is 9.53. The normalized spacial score (nSPS) is 22.1. The Morgan fingerprint density at radius 3 is 2.41 bits per heavy atom. The first-order valence-electron chi connectivity index (χ1n) is 5.92. The summed E-state index contributed by atoms with van der Waals surface area (Å²) in [5.74, 6) is 0.225. The molecule has 1 saturated carbocycles. The predicted molar refractivity (Wildman–Crippen MR) is 61.9 cm³/mol. The third kappa shape index (κ3) is 1.82. The van der Waals surface area contributed by atoms with Crippen molar-refractivity contribution in [3.63, 3.8) is 0 Å². The number of hydrogen-bond acceptors (Lipinski definition) is 2. The van der Waals surface area contributed by atoms with Crippen LogP contribution in [0, 0.1) is 11.7 Å². The Kier molecular flexibility index (Phi) is 2.23. The number of halogens is 1. The molecular weight excluding hydrogens is 219 g/mol. The lowest BCUT2D eigenvalue weighted by atomic mass is 9.85. The van der Waals surface area contributed by atoms with Gasteiger partial charge in [0.1, 0.15) is 5.82 Å². The van der Waals surface area contributed by atoms with Crippen LogP contribution in [0.15, 0.2) is 24.3 Å². The maximum absolute atomic E-state index is 12.7. The third-order valence-electron chi connectivity index (χ3n) is 3.74. The lowest BCUT2D eigenvalue weighted by Crippen LogP contribution is -2.69. The molecule has 0 aromatic heterocycles. The molecule has 0 radical (unpaired) electrons. The van der Waals surface area contributed by atoms with Gasteiger partial charge in [-0.3, -0.25) is 4.79 Å². The summed E-state index contributed by atoms with van der Waals surface area (Å²) in [6.45, 7) is 1.27. The van der Waals surface area contributed by atoms with Crippen molar-refractivity contribution in [3.8, 4) is 0 Å². The number of carbonyl (C=O) groups excluding carboxylic acids is 1. The van der Waals surface area contributed by atoms with Crippen LogP contribution in [-0.2, 0) is 0 Å². The highest BCUT2D eigenvalue weighted by atomic mass is 19.1. The lowest BCUT2D eigenvalue weighted by Gasteiger charge is -2.48. The Morgan fingerprint density at radius 1 is 1.29 bits per heavy atom. The molecule has 1 heterocycles. The Hall–Kier alpha value is -1.42. The summed E-state index contributed by atoms with van der Waals surface area (Å²) >= 11 is 0. The molecule has 2 fully saturated rings. The van der Waals surface area contributed by atoms with Crippen molar-refractivity contribution in [2.75, 3.05) is 13.1 Å². The molecule has 2 N–H and O–H groups in total. The quantitative estimate of drug-likeness (QED) is 0.840. The van der Waals surface area contributed by atoms with E-state index in [0.717, 1.165) is 0 Å². The van der Waals surface area contributed by atoms with Gasteiger partial charge in [0.2, 0.25) is 0 Å². The molecule has 3 nitrogen and oxygen atoms in total. The Labute approximate surface area is 99.4 Å². The summed E-state index contributed by atoms with van der Waals surface area (Å²) in [7, 11) is 0. The van der Waals surface area contributed by atoms with Gasteiger partial charge in [-0.05, 0) is 43.0 Å². The van der Waals surface area contributed by atoms with Gasteiger partial charge in [0, 0.05) is 18.7 Å². The highest BCUT2D eigenvalue weighted by Crippen LogP contribution is 2.43. The number of hydrogen-bond donors (Lipinski definition) is 1. The van der Waals surface area contributed by atoms with E-state index in [1.54, 1.807) is 4.90 Å². The Balaban J connectivity index is 1.66. The zero-order chi connectivity index (χ0) is 12.0. The summed E-state index contributed by atoms with van der Waals surface area (Å²) in [5.41, 5.74) is 6.56. The van der Waals surface area contributed by atoms with Gasteiger partial charge in [0.05, 0.1) is 5.54 Å². The van der Waals surface area contributed by atoms with Gasteiger partial charge in [-0.25, -0.2) is 4.39 Å². The van der Waals surface area contributed by atoms with Crippen LogP contribution in [-0.4, -0.2) is 29.4 Å². The summed E-state index contributed by atoms with van der Waals surface area (Å²) in [6.07, 6.45) is 2.38. The summed E-state index contributed by atoms with van der Waals surface area (Å²) in [6, 6.07) is 5.66. The molecular formula is C13H15FN2O. The van der Waals surface area contributed by atoms with Crippen LogP contribution in [0.2, 0.25) is 0 Å². The smallest absolute Gasteiger partial charge is 0.253 e. The molecule has 1 amide bonds. The molecule has 0 spiro atoms. The van der Waals surface area contributed by atoms with Crippen molar-refractivity contribution in [3.05, 3.63) is 35.6 Å². The highest BCUT2D eigenvalue weighted by molar-refractivity contribution is 5.95. The minimum atomic E-state index is -0.323. The number of likely N-dealkylation sites (tertiary alicyclic amines) is 1. The molecule has 1 aliphatic carbocycles. The molecule has 0 atom stereocenters. The molecule has 4 heteroatoms. The van der Waals surface area contributed by atoms with Gasteiger partial charge in [-0.2, -0.15) is 0 Å². The number of nitrogens with two attached hydrogens (primary N) is 1. The number of rotatable bonds is 2. The molecule has 2 aliphatic rings. The SMILES string of the molecule is NC1(C2CC2)CN(C(=O)c2ccc(F)cc2)C1. The summed E-state index contributed by atoms with van der Waals surface area (Å²) in [4.78, 5) is 13.8.